The molecule has 0 bridgehead atoms. The minimum absolute atomic E-state index is 0.0152. The monoisotopic (exact) mass is 370 g/mol. The van der Waals surface area contributed by atoms with Crippen LogP contribution in [0.3, 0.4) is 0 Å². The number of hydrogen-bond acceptors (Lipinski definition) is 7. The van der Waals surface area contributed by atoms with E-state index in [1.165, 1.54) is 12.1 Å². The van der Waals surface area contributed by atoms with Gasteiger partial charge in [-0.2, -0.15) is 15.0 Å². The maximum Gasteiger partial charge on any atom is 0.242 e. The van der Waals surface area contributed by atoms with Gasteiger partial charge in [0.25, 0.3) is 0 Å². The van der Waals surface area contributed by atoms with Crippen molar-refractivity contribution in [1.29, 1.82) is 0 Å². The standard InChI is InChI=1S/C14H19ClN6O2S/c1-20(2)13-17-12(18-14(19-13)21(3)4)9-16-24(22,23)11-8-6-5-7-10(11)15/h5-8,16H,9H2,1-4H3. The van der Waals surface area contributed by atoms with E-state index in [0.29, 0.717) is 17.7 Å². The molecular formula is C14H19ClN6O2S. The van der Waals surface area contributed by atoms with Gasteiger partial charge in [-0.1, -0.05) is 23.7 Å². The summed E-state index contributed by atoms with van der Waals surface area (Å²) in [4.78, 5) is 16.2. The second-order valence-corrected chi connectivity index (χ2v) is 7.54. The molecule has 0 atom stereocenters. The van der Waals surface area contributed by atoms with Crippen molar-refractivity contribution in [3.05, 3.63) is 35.1 Å². The molecule has 0 amide bonds. The molecule has 8 nitrogen and oxygen atoms in total. The molecule has 0 radical (unpaired) electrons. The van der Waals surface area contributed by atoms with Crippen LogP contribution in [0.1, 0.15) is 5.82 Å². The number of halogens is 1. The summed E-state index contributed by atoms with van der Waals surface area (Å²) in [5.74, 6) is 1.20. The van der Waals surface area contributed by atoms with Gasteiger partial charge in [-0.05, 0) is 12.1 Å². The molecule has 24 heavy (non-hydrogen) atoms. The summed E-state index contributed by atoms with van der Waals surface area (Å²) in [6.07, 6.45) is 0. The van der Waals surface area contributed by atoms with Gasteiger partial charge in [0.15, 0.2) is 5.82 Å². The highest BCUT2D eigenvalue weighted by atomic mass is 35.5. The predicted molar refractivity (Wildman–Crippen MR) is 94.0 cm³/mol. The van der Waals surface area contributed by atoms with Gasteiger partial charge in [-0.25, -0.2) is 13.1 Å². The average Bonchev–Trinajstić information content (AvgIpc) is 2.53. The smallest absolute Gasteiger partial charge is 0.242 e. The first-order valence-electron chi connectivity index (χ1n) is 7.04. The molecule has 2 rings (SSSR count). The second-order valence-electron chi connectivity index (χ2n) is 5.40. The fourth-order valence-electron chi connectivity index (χ4n) is 1.77. The zero-order chi connectivity index (χ0) is 17.9. The molecule has 1 aromatic carbocycles. The minimum Gasteiger partial charge on any atom is -0.347 e. The zero-order valence-electron chi connectivity index (χ0n) is 13.9. The van der Waals surface area contributed by atoms with Crippen LogP contribution in [0.15, 0.2) is 29.2 Å². The van der Waals surface area contributed by atoms with Crippen molar-refractivity contribution in [2.45, 2.75) is 11.4 Å². The van der Waals surface area contributed by atoms with E-state index in [9.17, 15) is 8.42 Å². The van der Waals surface area contributed by atoms with Gasteiger partial charge in [-0.15, -0.1) is 0 Å². The van der Waals surface area contributed by atoms with Crippen LogP contribution < -0.4 is 14.5 Å². The van der Waals surface area contributed by atoms with E-state index in [1.54, 1.807) is 50.1 Å². The van der Waals surface area contributed by atoms with E-state index in [-0.39, 0.29) is 16.5 Å². The van der Waals surface area contributed by atoms with Crippen molar-refractivity contribution in [2.75, 3.05) is 38.0 Å². The van der Waals surface area contributed by atoms with Crippen molar-refractivity contribution in [3.63, 3.8) is 0 Å². The van der Waals surface area contributed by atoms with Crippen molar-refractivity contribution in [1.82, 2.24) is 19.7 Å². The van der Waals surface area contributed by atoms with Gasteiger partial charge in [0.1, 0.15) is 4.90 Å². The van der Waals surface area contributed by atoms with Crippen molar-refractivity contribution in [2.24, 2.45) is 0 Å². The highest BCUT2D eigenvalue weighted by Gasteiger charge is 2.18. The summed E-state index contributed by atoms with van der Waals surface area (Å²) >= 11 is 5.95. The lowest BCUT2D eigenvalue weighted by atomic mass is 10.4. The highest BCUT2D eigenvalue weighted by Crippen LogP contribution is 2.20. The maximum absolute atomic E-state index is 12.4. The van der Waals surface area contributed by atoms with Gasteiger partial charge in [0.2, 0.25) is 21.9 Å². The molecule has 0 aliphatic heterocycles. The summed E-state index contributed by atoms with van der Waals surface area (Å²) in [6, 6.07) is 6.24. The average molecular weight is 371 g/mol. The fraction of sp³-hybridized carbons (Fsp3) is 0.357. The van der Waals surface area contributed by atoms with Gasteiger partial charge in [0, 0.05) is 28.2 Å². The second kappa shape index (κ2) is 7.29. The van der Waals surface area contributed by atoms with Gasteiger partial charge < -0.3 is 9.80 Å². The Morgan fingerprint density at radius 1 is 1.00 bits per heavy atom. The molecule has 0 aliphatic rings. The predicted octanol–water partition coefficient (Wildman–Crippen LogP) is 1.14. The SMILES string of the molecule is CN(C)c1nc(CNS(=O)(=O)c2ccccc2Cl)nc(N(C)C)n1. The third-order valence-electron chi connectivity index (χ3n) is 3.00. The van der Waals surface area contributed by atoms with E-state index in [4.69, 9.17) is 11.6 Å². The van der Waals surface area contributed by atoms with E-state index in [0.717, 1.165) is 0 Å². The van der Waals surface area contributed by atoms with Crippen LogP contribution in [0.5, 0.6) is 0 Å². The summed E-state index contributed by atoms with van der Waals surface area (Å²) in [5, 5.41) is 0.156. The zero-order valence-corrected chi connectivity index (χ0v) is 15.4. The molecule has 1 N–H and O–H groups in total. The van der Waals surface area contributed by atoms with E-state index >= 15 is 0 Å². The maximum atomic E-state index is 12.4. The lowest BCUT2D eigenvalue weighted by Crippen LogP contribution is -2.26. The molecule has 0 unspecified atom stereocenters. The molecule has 0 aliphatic carbocycles. The topological polar surface area (TPSA) is 91.3 Å². The van der Waals surface area contributed by atoms with Gasteiger partial charge in [0.05, 0.1) is 11.6 Å². The number of sulfonamides is 1. The Morgan fingerprint density at radius 2 is 1.54 bits per heavy atom. The van der Waals surface area contributed by atoms with Crippen LogP contribution in [-0.2, 0) is 16.6 Å². The van der Waals surface area contributed by atoms with Crippen LogP contribution in [0, 0.1) is 0 Å². The number of anilines is 2. The first-order chi connectivity index (χ1) is 11.2. The van der Waals surface area contributed by atoms with Crippen molar-refractivity contribution in [3.8, 4) is 0 Å². The molecule has 0 saturated heterocycles. The first-order valence-corrected chi connectivity index (χ1v) is 8.90. The first kappa shape index (κ1) is 18.4. The number of nitrogens with zero attached hydrogens (tertiary/aromatic N) is 5. The Labute approximate surface area is 146 Å². The third-order valence-corrected chi connectivity index (χ3v) is 4.91. The van der Waals surface area contributed by atoms with Gasteiger partial charge in [-0.3, -0.25) is 0 Å². The number of hydrogen-bond donors (Lipinski definition) is 1. The normalized spacial score (nSPS) is 11.4. The Morgan fingerprint density at radius 3 is 2.04 bits per heavy atom. The van der Waals surface area contributed by atoms with Crippen LogP contribution in [0.4, 0.5) is 11.9 Å². The molecule has 1 heterocycles. The van der Waals surface area contributed by atoms with E-state index in [1.807, 2.05) is 0 Å². The molecule has 0 fully saturated rings. The molecule has 130 valence electrons. The van der Waals surface area contributed by atoms with E-state index < -0.39 is 10.0 Å². The summed E-state index contributed by atoms with van der Waals surface area (Å²) in [7, 11) is 3.43. The molecule has 1 aromatic heterocycles. The fourth-order valence-corrected chi connectivity index (χ4v) is 3.27. The van der Waals surface area contributed by atoms with Crippen LogP contribution in [-0.4, -0.2) is 51.6 Å². The van der Waals surface area contributed by atoms with Crippen LogP contribution >= 0.6 is 11.6 Å². The van der Waals surface area contributed by atoms with Crippen LogP contribution in [0.2, 0.25) is 5.02 Å². The van der Waals surface area contributed by atoms with Gasteiger partial charge >= 0.3 is 0 Å². The molecule has 0 saturated carbocycles. The minimum atomic E-state index is -3.76. The lowest BCUT2D eigenvalue weighted by Gasteiger charge is -2.16. The molecule has 2 aromatic rings. The number of benzene rings is 1. The molecular weight excluding hydrogens is 352 g/mol. The number of rotatable bonds is 6. The Hall–Kier alpha value is -1.97. The van der Waals surface area contributed by atoms with E-state index in [2.05, 4.69) is 19.7 Å². The summed E-state index contributed by atoms with van der Waals surface area (Å²) in [5.41, 5.74) is 0. The number of nitrogens with one attached hydrogen (secondary N) is 1. The Balaban J connectivity index is 2.27. The molecule has 0 spiro atoms. The Bertz CT molecular complexity index is 800. The lowest BCUT2D eigenvalue weighted by molar-refractivity contribution is 0.579. The Kier molecular flexibility index (Phi) is 5.58. The number of aromatic nitrogens is 3. The summed E-state index contributed by atoms with van der Waals surface area (Å²) in [6.45, 7) is -0.0717. The van der Waals surface area contributed by atoms with Crippen LogP contribution in [0.25, 0.3) is 0 Å². The van der Waals surface area contributed by atoms with Crippen molar-refractivity contribution >= 4 is 33.5 Å². The molecule has 10 heteroatoms. The highest BCUT2D eigenvalue weighted by molar-refractivity contribution is 7.89. The third kappa shape index (κ3) is 4.31. The summed E-state index contributed by atoms with van der Waals surface area (Å²) < 4.78 is 27.2. The van der Waals surface area contributed by atoms with Crippen molar-refractivity contribution < 1.29 is 8.42 Å². The quantitative estimate of drug-likeness (QED) is 0.815. The largest absolute Gasteiger partial charge is 0.347 e.